The van der Waals surface area contributed by atoms with E-state index in [1.54, 1.807) is 24.4 Å². The first-order valence-corrected chi connectivity index (χ1v) is 6.68. The van der Waals surface area contributed by atoms with E-state index >= 15 is 0 Å². The lowest BCUT2D eigenvalue weighted by atomic mass is 10.1. The van der Waals surface area contributed by atoms with Gasteiger partial charge in [0, 0.05) is 25.0 Å². The van der Waals surface area contributed by atoms with Gasteiger partial charge in [-0.1, -0.05) is 6.07 Å². The summed E-state index contributed by atoms with van der Waals surface area (Å²) in [6.45, 7) is 0.388. The molecular weight excluding hydrogens is 292 g/mol. The van der Waals surface area contributed by atoms with Crippen molar-refractivity contribution in [2.24, 2.45) is 11.7 Å². The highest BCUT2D eigenvalue weighted by atomic mass is 35.5. The normalized spacial score (nSPS) is 15.3. The van der Waals surface area contributed by atoms with E-state index in [2.05, 4.69) is 10.3 Å². The summed E-state index contributed by atoms with van der Waals surface area (Å²) in [4.78, 5) is 28.6. The largest absolute Gasteiger partial charge is 0.348 e. The van der Waals surface area contributed by atoms with Crippen molar-refractivity contribution in [2.75, 3.05) is 6.54 Å². The average molecular weight is 309 g/mol. The van der Waals surface area contributed by atoms with Crippen LogP contribution in [0.4, 0.5) is 0 Å². The van der Waals surface area contributed by atoms with Crippen LogP contribution >= 0.6 is 12.4 Å². The number of carbonyl (C=O) groups excluding carboxylic acids is 1. The standard InChI is InChI=1S/C14H16N4O2.ClH/c15-7-11(9-4-5-9)17-13(19)10-8-16-12-3-1-2-6-18(12)14(10)20;/h1-3,6,8-9,11H,4-5,7,15H2,(H,17,19);1H. The van der Waals surface area contributed by atoms with E-state index in [0.717, 1.165) is 12.8 Å². The van der Waals surface area contributed by atoms with Crippen LogP contribution < -0.4 is 16.6 Å². The molecule has 0 saturated heterocycles. The number of nitrogens with one attached hydrogen (secondary N) is 1. The Morgan fingerprint density at radius 2 is 2.24 bits per heavy atom. The van der Waals surface area contributed by atoms with Crippen LogP contribution in [0, 0.1) is 5.92 Å². The number of nitrogens with zero attached hydrogens (tertiary/aromatic N) is 2. The van der Waals surface area contributed by atoms with Gasteiger partial charge < -0.3 is 11.1 Å². The molecule has 1 saturated carbocycles. The SMILES string of the molecule is Cl.NCC(NC(=O)c1cnc2ccccn2c1=O)C1CC1. The Morgan fingerprint density at radius 3 is 2.90 bits per heavy atom. The molecule has 21 heavy (non-hydrogen) atoms. The lowest BCUT2D eigenvalue weighted by Crippen LogP contribution is -2.43. The molecule has 3 rings (SSSR count). The van der Waals surface area contributed by atoms with Gasteiger partial charge in [-0.15, -0.1) is 12.4 Å². The van der Waals surface area contributed by atoms with Crippen LogP contribution in [0.25, 0.3) is 5.65 Å². The third kappa shape index (κ3) is 3.06. The lowest BCUT2D eigenvalue weighted by molar-refractivity contribution is 0.0931. The van der Waals surface area contributed by atoms with Crippen LogP contribution in [0.3, 0.4) is 0 Å². The zero-order valence-corrected chi connectivity index (χ0v) is 12.2. The summed E-state index contributed by atoms with van der Waals surface area (Å²) in [5, 5.41) is 2.83. The van der Waals surface area contributed by atoms with Crippen molar-refractivity contribution in [2.45, 2.75) is 18.9 Å². The molecule has 1 unspecified atom stereocenters. The van der Waals surface area contributed by atoms with E-state index in [1.807, 2.05) is 0 Å². The number of carbonyl (C=O) groups is 1. The van der Waals surface area contributed by atoms with Crippen molar-refractivity contribution in [3.63, 3.8) is 0 Å². The highest BCUT2D eigenvalue weighted by Crippen LogP contribution is 2.32. The molecule has 2 aromatic rings. The fourth-order valence-corrected chi connectivity index (χ4v) is 2.30. The Kier molecular flexibility index (Phi) is 4.59. The number of fused-ring (bicyclic) bond motifs is 1. The van der Waals surface area contributed by atoms with E-state index in [0.29, 0.717) is 18.1 Å². The smallest absolute Gasteiger partial charge is 0.270 e. The average Bonchev–Trinajstić information content (AvgIpc) is 3.30. The van der Waals surface area contributed by atoms with Gasteiger partial charge in [-0.3, -0.25) is 14.0 Å². The summed E-state index contributed by atoms with van der Waals surface area (Å²) in [7, 11) is 0. The third-order valence-electron chi connectivity index (χ3n) is 3.62. The van der Waals surface area contributed by atoms with Crippen LogP contribution in [0.2, 0.25) is 0 Å². The van der Waals surface area contributed by atoms with E-state index in [4.69, 9.17) is 5.73 Å². The fourth-order valence-electron chi connectivity index (χ4n) is 2.30. The van der Waals surface area contributed by atoms with Crippen molar-refractivity contribution in [1.82, 2.24) is 14.7 Å². The molecule has 1 aliphatic rings. The molecule has 1 fully saturated rings. The molecule has 7 heteroatoms. The Hall–Kier alpha value is -1.92. The zero-order valence-electron chi connectivity index (χ0n) is 11.4. The molecular formula is C14H17ClN4O2. The molecule has 2 heterocycles. The van der Waals surface area contributed by atoms with Gasteiger partial charge in [0.05, 0.1) is 0 Å². The molecule has 0 bridgehead atoms. The Morgan fingerprint density at radius 1 is 1.48 bits per heavy atom. The quantitative estimate of drug-likeness (QED) is 0.865. The minimum absolute atomic E-state index is 0. The first-order chi connectivity index (χ1) is 9.70. The summed E-state index contributed by atoms with van der Waals surface area (Å²) >= 11 is 0. The van der Waals surface area contributed by atoms with Gasteiger partial charge in [-0.05, 0) is 30.9 Å². The Bertz CT molecular complexity index is 711. The first-order valence-electron chi connectivity index (χ1n) is 6.68. The maximum Gasteiger partial charge on any atom is 0.270 e. The molecule has 1 amide bonds. The van der Waals surface area contributed by atoms with Crippen LogP contribution in [0.15, 0.2) is 35.4 Å². The monoisotopic (exact) mass is 308 g/mol. The topological polar surface area (TPSA) is 89.5 Å². The second-order valence-corrected chi connectivity index (χ2v) is 5.06. The van der Waals surface area contributed by atoms with Crippen LogP contribution in [-0.4, -0.2) is 27.9 Å². The van der Waals surface area contributed by atoms with Gasteiger partial charge in [0.2, 0.25) is 0 Å². The van der Waals surface area contributed by atoms with E-state index in [-0.39, 0.29) is 29.6 Å². The molecule has 3 N–H and O–H groups in total. The van der Waals surface area contributed by atoms with Gasteiger partial charge in [0.15, 0.2) is 0 Å². The molecule has 2 aromatic heterocycles. The van der Waals surface area contributed by atoms with Crippen LogP contribution in [0.5, 0.6) is 0 Å². The van der Waals surface area contributed by atoms with Gasteiger partial charge in [0.25, 0.3) is 11.5 Å². The predicted octanol–water partition coefficient (Wildman–Crippen LogP) is 0.583. The van der Waals surface area contributed by atoms with Crippen molar-refractivity contribution < 1.29 is 4.79 Å². The summed E-state index contributed by atoms with van der Waals surface area (Å²) in [5.41, 5.74) is 5.86. The molecule has 0 aliphatic heterocycles. The molecule has 0 spiro atoms. The minimum atomic E-state index is -0.400. The number of amides is 1. The van der Waals surface area contributed by atoms with Crippen molar-refractivity contribution in [3.05, 3.63) is 46.5 Å². The molecule has 6 nitrogen and oxygen atoms in total. The number of aromatic nitrogens is 2. The molecule has 1 aliphatic carbocycles. The molecule has 0 aromatic carbocycles. The van der Waals surface area contributed by atoms with Crippen molar-refractivity contribution >= 4 is 24.0 Å². The highest BCUT2D eigenvalue weighted by Gasteiger charge is 2.31. The number of pyridine rings is 1. The van der Waals surface area contributed by atoms with E-state index in [9.17, 15) is 9.59 Å². The Balaban J connectivity index is 0.00000161. The molecule has 1 atom stereocenters. The maximum atomic E-state index is 12.3. The summed E-state index contributed by atoms with van der Waals surface area (Å²) in [5.74, 6) is 0.0447. The first kappa shape index (κ1) is 15.5. The van der Waals surface area contributed by atoms with Gasteiger partial charge in [-0.25, -0.2) is 4.98 Å². The van der Waals surface area contributed by atoms with E-state index in [1.165, 1.54) is 10.6 Å². The third-order valence-corrected chi connectivity index (χ3v) is 3.62. The van der Waals surface area contributed by atoms with Crippen LogP contribution in [0.1, 0.15) is 23.2 Å². The zero-order chi connectivity index (χ0) is 14.1. The highest BCUT2D eigenvalue weighted by molar-refractivity contribution is 5.94. The second-order valence-electron chi connectivity index (χ2n) is 5.06. The van der Waals surface area contributed by atoms with E-state index < -0.39 is 5.91 Å². The molecule has 0 radical (unpaired) electrons. The van der Waals surface area contributed by atoms with Gasteiger partial charge in [-0.2, -0.15) is 0 Å². The minimum Gasteiger partial charge on any atom is -0.348 e. The van der Waals surface area contributed by atoms with Crippen molar-refractivity contribution in [3.8, 4) is 0 Å². The molecule has 112 valence electrons. The number of nitrogens with two attached hydrogens (primary N) is 1. The van der Waals surface area contributed by atoms with Crippen molar-refractivity contribution in [1.29, 1.82) is 0 Å². The van der Waals surface area contributed by atoms with Crippen LogP contribution in [-0.2, 0) is 0 Å². The second kappa shape index (κ2) is 6.24. The summed E-state index contributed by atoms with van der Waals surface area (Å²) in [6, 6.07) is 5.18. The number of hydrogen-bond acceptors (Lipinski definition) is 4. The fraction of sp³-hybridized carbons (Fsp3) is 0.357. The number of halogens is 1. The number of rotatable bonds is 4. The van der Waals surface area contributed by atoms with Gasteiger partial charge >= 0.3 is 0 Å². The lowest BCUT2D eigenvalue weighted by Gasteiger charge is -2.15. The number of hydrogen-bond donors (Lipinski definition) is 2. The maximum absolute atomic E-state index is 12.3. The summed E-state index contributed by atoms with van der Waals surface area (Å²) < 4.78 is 1.36. The Labute approximate surface area is 127 Å². The van der Waals surface area contributed by atoms with Gasteiger partial charge in [0.1, 0.15) is 11.2 Å². The predicted molar refractivity (Wildman–Crippen MR) is 81.7 cm³/mol. The summed E-state index contributed by atoms with van der Waals surface area (Å²) in [6.07, 6.45) is 5.09.